The average Bonchev–Trinajstić information content (AvgIpc) is 2.39. The number of primary amides is 1. The molecule has 2 rings (SSSR count). The Kier molecular flexibility index (Phi) is 3.91. The molecule has 1 saturated heterocycles. The molecular formula is C11H15N5O3. The van der Waals surface area contributed by atoms with Crippen LogP contribution in [-0.2, 0) is 0 Å². The second kappa shape index (κ2) is 5.61. The molecule has 1 amide bonds. The summed E-state index contributed by atoms with van der Waals surface area (Å²) in [5.41, 5.74) is 5.02. The van der Waals surface area contributed by atoms with Crippen LogP contribution < -0.4 is 16.4 Å². The summed E-state index contributed by atoms with van der Waals surface area (Å²) in [6, 6.07) is 1.29. The fourth-order valence-electron chi connectivity index (χ4n) is 2.02. The van der Waals surface area contributed by atoms with E-state index in [9.17, 15) is 14.9 Å². The fourth-order valence-corrected chi connectivity index (χ4v) is 2.02. The van der Waals surface area contributed by atoms with Gasteiger partial charge in [0.1, 0.15) is 12.0 Å². The molecule has 1 fully saturated rings. The smallest absolute Gasteiger partial charge is 0.288 e. The molecule has 0 radical (unpaired) electrons. The summed E-state index contributed by atoms with van der Waals surface area (Å²) in [4.78, 5) is 25.3. The molecule has 8 nitrogen and oxygen atoms in total. The van der Waals surface area contributed by atoms with Gasteiger partial charge in [0.15, 0.2) is 0 Å². The van der Waals surface area contributed by atoms with E-state index in [1.165, 1.54) is 0 Å². The summed E-state index contributed by atoms with van der Waals surface area (Å²) < 4.78 is 0. The number of carbonyl (C=O) groups excluding carboxylic acids is 1. The lowest BCUT2D eigenvalue weighted by Crippen LogP contribution is -2.39. The molecule has 8 heteroatoms. The predicted octanol–water partition coefficient (Wildman–Crippen LogP) is 0.253. The van der Waals surface area contributed by atoms with E-state index in [1.807, 2.05) is 0 Å². The van der Waals surface area contributed by atoms with Gasteiger partial charge in [0, 0.05) is 18.7 Å². The molecule has 1 atom stereocenters. The van der Waals surface area contributed by atoms with Crippen LogP contribution in [0.2, 0.25) is 0 Å². The van der Waals surface area contributed by atoms with E-state index in [-0.39, 0.29) is 17.3 Å². The summed E-state index contributed by atoms with van der Waals surface area (Å²) in [5.74, 6) is -0.436. The first kappa shape index (κ1) is 13.2. The molecule has 0 spiro atoms. The van der Waals surface area contributed by atoms with Gasteiger partial charge in [0.25, 0.3) is 11.6 Å². The molecule has 1 aliphatic heterocycles. The van der Waals surface area contributed by atoms with Crippen LogP contribution in [0.4, 0.5) is 11.5 Å². The number of carbonyl (C=O) groups is 1. The van der Waals surface area contributed by atoms with Gasteiger partial charge in [-0.2, -0.15) is 0 Å². The molecule has 102 valence electrons. The maximum Gasteiger partial charge on any atom is 0.288 e. The van der Waals surface area contributed by atoms with E-state index < -0.39 is 10.8 Å². The number of rotatable bonds is 4. The van der Waals surface area contributed by atoms with Crippen molar-refractivity contribution in [1.29, 1.82) is 0 Å². The van der Waals surface area contributed by atoms with E-state index in [0.29, 0.717) is 5.82 Å². The maximum absolute atomic E-state index is 11.3. The van der Waals surface area contributed by atoms with Crippen LogP contribution in [-0.4, -0.2) is 34.9 Å². The lowest BCUT2D eigenvalue weighted by molar-refractivity contribution is -0.385. The van der Waals surface area contributed by atoms with E-state index in [2.05, 4.69) is 15.6 Å². The van der Waals surface area contributed by atoms with Gasteiger partial charge in [0.2, 0.25) is 0 Å². The zero-order chi connectivity index (χ0) is 13.8. The molecule has 4 N–H and O–H groups in total. The zero-order valence-electron chi connectivity index (χ0n) is 10.3. The normalized spacial score (nSPS) is 18.8. The topological polar surface area (TPSA) is 123 Å². The first-order valence-corrected chi connectivity index (χ1v) is 5.99. The zero-order valence-corrected chi connectivity index (χ0v) is 10.3. The van der Waals surface area contributed by atoms with Gasteiger partial charge in [-0.05, 0) is 19.4 Å². The number of nitrogens with zero attached hydrogens (tertiary/aromatic N) is 2. The molecule has 1 unspecified atom stereocenters. The number of nitrogens with one attached hydrogen (secondary N) is 2. The van der Waals surface area contributed by atoms with E-state index in [4.69, 9.17) is 5.73 Å². The summed E-state index contributed by atoms with van der Waals surface area (Å²) in [6.45, 7) is 1.73. The van der Waals surface area contributed by atoms with Crippen molar-refractivity contribution < 1.29 is 9.72 Å². The third kappa shape index (κ3) is 3.16. The Morgan fingerprint density at radius 3 is 3.00 bits per heavy atom. The number of hydrogen-bond donors (Lipinski definition) is 3. The lowest BCUT2D eigenvalue weighted by atomic mass is 10.1. The van der Waals surface area contributed by atoms with Crippen molar-refractivity contribution in [3.8, 4) is 0 Å². The predicted molar refractivity (Wildman–Crippen MR) is 68.9 cm³/mol. The number of nitro groups is 1. The third-order valence-electron chi connectivity index (χ3n) is 2.99. The van der Waals surface area contributed by atoms with Crippen LogP contribution in [0.25, 0.3) is 0 Å². The molecule has 0 aliphatic carbocycles. The van der Waals surface area contributed by atoms with Crippen molar-refractivity contribution in [3.63, 3.8) is 0 Å². The third-order valence-corrected chi connectivity index (χ3v) is 2.99. The van der Waals surface area contributed by atoms with Crippen molar-refractivity contribution in [2.45, 2.75) is 18.9 Å². The molecule has 19 heavy (non-hydrogen) atoms. The van der Waals surface area contributed by atoms with Crippen molar-refractivity contribution >= 4 is 17.4 Å². The van der Waals surface area contributed by atoms with Crippen molar-refractivity contribution in [2.75, 3.05) is 18.4 Å². The number of nitrogens with two attached hydrogens (primary N) is 1. The molecular weight excluding hydrogens is 250 g/mol. The monoisotopic (exact) mass is 265 g/mol. The Bertz CT molecular complexity index is 499. The van der Waals surface area contributed by atoms with Crippen LogP contribution >= 0.6 is 0 Å². The number of anilines is 1. The Balaban J connectivity index is 2.23. The Morgan fingerprint density at radius 2 is 2.42 bits per heavy atom. The first-order chi connectivity index (χ1) is 9.08. The molecule has 0 saturated carbocycles. The minimum Gasteiger partial charge on any atom is -0.365 e. The number of piperidine rings is 1. The molecule has 0 bridgehead atoms. The van der Waals surface area contributed by atoms with Gasteiger partial charge in [0.05, 0.1) is 10.5 Å². The van der Waals surface area contributed by atoms with Gasteiger partial charge in [-0.1, -0.05) is 0 Å². The molecule has 2 heterocycles. The Hall–Kier alpha value is -2.22. The highest BCUT2D eigenvalue weighted by Gasteiger charge is 2.19. The minimum absolute atomic E-state index is 0.0415. The summed E-state index contributed by atoms with van der Waals surface area (Å²) in [5, 5.41) is 17.0. The number of pyridine rings is 1. The van der Waals surface area contributed by atoms with Crippen molar-refractivity contribution in [1.82, 2.24) is 10.3 Å². The van der Waals surface area contributed by atoms with Gasteiger partial charge in [-0.15, -0.1) is 0 Å². The largest absolute Gasteiger partial charge is 0.365 e. The van der Waals surface area contributed by atoms with E-state index >= 15 is 0 Å². The van der Waals surface area contributed by atoms with Gasteiger partial charge in [-0.25, -0.2) is 4.98 Å². The first-order valence-electron chi connectivity index (χ1n) is 5.99. The molecule has 1 aromatic rings. The highest BCUT2D eigenvalue weighted by Crippen LogP contribution is 2.20. The standard InChI is InChI=1S/C11H15N5O3/c12-10(17)9-4-8(16(18)19)6-14-11(9)15-7-2-1-3-13-5-7/h4,6-7,13H,1-3,5H2,(H2,12,17)(H,14,15). The van der Waals surface area contributed by atoms with Crippen molar-refractivity contribution in [3.05, 3.63) is 27.9 Å². The Morgan fingerprint density at radius 1 is 1.63 bits per heavy atom. The highest BCUT2D eigenvalue weighted by molar-refractivity contribution is 5.98. The summed E-state index contributed by atoms with van der Waals surface area (Å²) >= 11 is 0. The summed E-state index contributed by atoms with van der Waals surface area (Å²) in [6.07, 6.45) is 3.09. The fraction of sp³-hybridized carbons (Fsp3) is 0.455. The second-order valence-electron chi connectivity index (χ2n) is 4.40. The number of hydrogen-bond acceptors (Lipinski definition) is 6. The van der Waals surface area contributed by atoms with E-state index in [1.54, 1.807) is 0 Å². The van der Waals surface area contributed by atoms with Gasteiger partial charge in [-0.3, -0.25) is 14.9 Å². The van der Waals surface area contributed by atoms with E-state index in [0.717, 1.165) is 38.2 Å². The van der Waals surface area contributed by atoms with Gasteiger partial charge >= 0.3 is 0 Å². The molecule has 1 aliphatic rings. The minimum atomic E-state index is -0.734. The van der Waals surface area contributed by atoms with Crippen LogP contribution in [0, 0.1) is 10.1 Å². The SMILES string of the molecule is NC(=O)c1cc([N+](=O)[O-])cnc1NC1CCCNC1. The van der Waals surface area contributed by atoms with Crippen LogP contribution in [0.3, 0.4) is 0 Å². The Labute approximate surface area is 109 Å². The molecule has 1 aromatic heterocycles. The van der Waals surface area contributed by atoms with Crippen LogP contribution in [0.1, 0.15) is 23.2 Å². The van der Waals surface area contributed by atoms with Crippen molar-refractivity contribution in [2.24, 2.45) is 5.73 Å². The second-order valence-corrected chi connectivity index (χ2v) is 4.40. The number of amides is 1. The average molecular weight is 265 g/mol. The van der Waals surface area contributed by atoms with Gasteiger partial charge < -0.3 is 16.4 Å². The van der Waals surface area contributed by atoms with Crippen LogP contribution in [0.5, 0.6) is 0 Å². The quantitative estimate of drug-likeness (QED) is 0.529. The lowest BCUT2D eigenvalue weighted by Gasteiger charge is -2.24. The highest BCUT2D eigenvalue weighted by atomic mass is 16.6. The number of aromatic nitrogens is 1. The maximum atomic E-state index is 11.3. The summed E-state index contributed by atoms with van der Waals surface area (Å²) in [7, 11) is 0. The molecule has 0 aromatic carbocycles. The van der Waals surface area contributed by atoms with Crippen LogP contribution in [0.15, 0.2) is 12.3 Å².